The Morgan fingerprint density at radius 1 is 1.40 bits per heavy atom. The van der Waals surface area contributed by atoms with Crippen LogP contribution in [0.25, 0.3) is 0 Å². The smallest absolute Gasteiger partial charge is 0.310 e. The van der Waals surface area contributed by atoms with Crippen LogP contribution < -0.4 is 5.56 Å². The van der Waals surface area contributed by atoms with E-state index in [1.807, 2.05) is 0 Å². The quantitative estimate of drug-likeness (QED) is 0.786. The van der Waals surface area contributed by atoms with Crippen molar-refractivity contribution in [3.05, 3.63) is 64.1 Å². The third-order valence-electron chi connectivity index (χ3n) is 2.77. The van der Waals surface area contributed by atoms with Crippen LogP contribution in [0.3, 0.4) is 0 Å². The highest BCUT2D eigenvalue weighted by Crippen LogP contribution is 2.03. The van der Waals surface area contributed by atoms with Crippen molar-refractivity contribution < 1.29 is 13.9 Å². The number of aromatic nitrogens is 2. The molecule has 0 amide bonds. The normalized spacial score (nSPS) is 10.3. The maximum atomic E-state index is 13.1. The zero-order valence-corrected chi connectivity index (χ0v) is 10.9. The summed E-state index contributed by atoms with van der Waals surface area (Å²) in [5.41, 5.74) is 0.631. The van der Waals surface area contributed by atoms with E-state index in [0.29, 0.717) is 11.3 Å². The molecule has 0 fully saturated rings. The van der Waals surface area contributed by atoms with Crippen molar-refractivity contribution in [2.75, 3.05) is 7.11 Å². The second kappa shape index (κ2) is 6.10. The van der Waals surface area contributed by atoms with Crippen molar-refractivity contribution in [3.63, 3.8) is 0 Å². The topological polar surface area (TPSA) is 61.2 Å². The van der Waals surface area contributed by atoms with E-state index in [-0.39, 0.29) is 18.9 Å². The highest BCUT2D eigenvalue weighted by molar-refractivity contribution is 5.72. The van der Waals surface area contributed by atoms with Crippen molar-refractivity contribution in [2.24, 2.45) is 0 Å². The Balaban J connectivity index is 2.13. The van der Waals surface area contributed by atoms with Crippen LogP contribution in [-0.4, -0.2) is 22.6 Å². The molecule has 0 saturated carbocycles. The summed E-state index contributed by atoms with van der Waals surface area (Å²) in [5.74, 6) is -1.14. The Morgan fingerprint density at radius 2 is 2.20 bits per heavy atom. The third-order valence-corrected chi connectivity index (χ3v) is 2.77. The van der Waals surface area contributed by atoms with Crippen LogP contribution in [0.2, 0.25) is 0 Å². The summed E-state index contributed by atoms with van der Waals surface area (Å²) < 4.78 is 18.9. The number of ether oxygens (including phenoxy) is 1. The molecule has 0 aliphatic carbocycles. The lowest BCUT2D eigenvalue weighted by Crippen LogP contribution is -2.22. The minimum atomic E-state index is -0.796. The van der Waals surface area contributed by atoms with Gasteiger partial charge in [0, 0.05) is 12.4 Å². The summed E-state index contributed by atoms with van der Waals surface area (Å²) in [4.78, 5) is 26.8. The van der Waals surface area contributed by atoms with E-state index >= 15 is 0 Å². The first-order chi connectivity index (χ1) is 9.60. The molecular weight excluding hydrogens is 263 g/mol. The van der Waals surface area contributed by atoms with Gasteiger partial charge >= 0.3 is 5.97 Å². The third kappa shape index (κ3) is 3.28. The predicted molar refractivity (Wildman–Crippen MR) is 69.7 cm³/mol. The predicted octanol–water partition coefficient (Wildman–Crippen LogP) is 1.15. The number of hydrogen-bond donors (Lipinski definition) is 0. The largest absolute Gasteiger partial charge is 0.469 e. The van der Waals surface area contributed by atoms with Crippen molar-refractivity contribution in [1.29, 1.82) is 0 Å². The van der Waals surface area contributed by atoms with Gasteiger partial charge in [0.25, 0.3) is 5.56 Å². The fourth-order valence-corrected chi connectivity index (χ4v) is 1.70. The molecule has 0 radical (unpaired) electrons. The van der Waals surface area contributed by atoms with E-state index in [0.717, 1.165) is 6.07 Å². The number of halogens is 1. The van der Waals surface area contributed by atoms with Crippen LogP contribution >= 0.6 is 0 Å². The van der Waals surface area contributed by atoms with Gasteiger partial charge in [0.05, 0.1) is 25.8 Å². The lowest BCUT2D eigenvalue weighted by molar-refractivity contribution is -0.139. The van der Waals surface area contributed by atoms with Crippen molar-refractivity contribution in [1.82, 2.24) is 9.55 Å². The van der Waals surface area contributed by atoms with Gasteiger partial charge in [0.15, 0.2) is 5.82 Å². The van der Waals surface area contributed by atoms with E-state index in [1.165, 1.54) is 30.1 Å². The van der Waals surface area contributed by atoms with Gasteiger partial charge in [-0.2, -0.15) is 0 Å². The molecule has 2 aromatic rings. The first-order valence-corrected chi connectivity index (χ1v) is 5.95. The minimum Gasteiger partial charge on any atom is -0.469 e. The molecule has 0 N–H and O–H groups in total. The first kappa shape index (κ1) is 13.9. The van der Waals surface area contributed by atoms with Crippen LogP contribution in [0.1, 0.15) is 11.3 Å². The molecule has 0 aliphatic heterocycles. The second-order valence-corrected chi connectivity index (χ2v) is 4.20. The first-order valence-electron chi connectivity index (χ1n) is 5.95. The molecule has 0 atom stereocenters. The Bertz CT molecular complexity index is 665. The Morgan fingerprint density at radius 3 is 2.85 bits per heavy atom. The Kier molecular flexibility index (Phi) is 4.24. The van der Waals surface area contributed by atoms with Gasteiger partial charge in [-0.15, -0.1) is 0 Å². The number of nitrogens with zero attached hydrogens (tertiary/aromatic N) is 2. The average molecular weight is 276 g/mol. The van der Waals surface area contributed by atoms with Crippen molar-refractivity contribution in [2.45, 2.75) is 13.0 Å². The summed E-state index contributed by atoms with van der Waals surface area (Å²) in [6.45, 7) is 0.176. The van der Waals surface area contributed by atoms with Crippen molar-refractivity contribution >= 4 is 5.97 Å². The van der Waals surface area contributed by atoms with Gasteiger partial charge in [0.1, 0.15) is 0 Å². The van der Waals surface area contributed by atoms with Crippen LogP contribution in [0.4, 0.5) is 4.39 Å². The fourth-order valence-electron chi connectivity index (χ4n) is 1.70. The summed E-state index contributed by atoms with van der Waals surface area (Å²) in [6, 6.07) is 5.99. The van der Waals surface area contributed by atoms with Gasteiger partial charge < -0.3 is 9.30 Å². The molecule has 2 aromatic heterocycles. The number of carbonyl (C=O) groups is 1. The van der Waals surface area contributed by atoms with E-state index in [1.54, 1.807) is 12.1 Å². The second-order valence-electron chi connectivity index (χ2n) is 4.20. The molecular formula is C14H13FN2O3. The fraction of sp³-hybridized carbons (Fsp3) is 0.214. The number of esters is 1. The minimum absolute atomic E-state index is 0.143. The molecule has 20 heavy (non-hydrogen) atoms. The molecule has 0 bridgehead atoms. The molecule has 0 unspecified atom stereocenters. The number of carbonyl (C=O) groups excluding carboxylic acids is 1. The number of pyridine rings is 2. The van der Waals surface area contributed by atoms with Gasteiger partial charge in [-0.25, -0.2) is 4.39 Å². The molecule has 2 heterocycles. The van der Waals surface area contributed by atoms with E-state index in [4.69, 9.17) is 0 Å². The van der Waals surface area contributed by atoms with E-state index in [2.05, 4.69) is 9.72 Å². The molecule has 5 nitrogen and oxygen atoms in total. The maximum Gasteiger partial charge on any atom is 0.310 e. The van der Waals surface area contributed by atoms with Gasteiger partial charge in [-0.3, -0.25) is 14.6 Å². The summed E-state index contributed by atoms with van der Waals surface area (Å²) in [6.07, 6.45) is 3.18. The van der Waals surface area contributed by atoms with Crippen LogP contribution in [0.15, 0.2) is 41.5 Å². The van der Waals surface area contributed by atoms with E-state index in [9.17, 15) is 14.0 Å². The lowest BCUT2D eigenvalue weighted by Gasteiger charge is -2.06. The zero-order chi connectivity index (χ0) is 14.5. The van der Waals surface area contributed by atoms with E-state index < -0.39 is 11.4 Å². The van der Waals surface area contributed by atoms with Gasteiger partial charge in [-0.1, -0.05) is 6.07 Å². The van der Waals surface area contributed by atoms with Crippen LogP contribution in [-0.2, 0) is 22.5 Å². The Labute approximate surface area is 114 Å². The summed E-state index contributed by atoms with van der Waals surface area (Å²) in [7, 11) is 1.32. The number of hydrogen-bond acceptors (Lipinski definition) is 4. The average Bonchev–Trinajstić information content (AvgIpc) is 2.46. The Hall–Kier alpha value is -2.50. The van der Waals surface area contributed by atoms with Crippen LogP contribution in [0, 0.1) is 5.82 Å². The van der Waals surface area contributed by atoms with Gasteiger partial charge in [-0.05, 0) is 23.8 Å². The monoisotopic (exact) mass is 276 g/mol. The van der Waals surface area contributed by atoms with Crippen molar-refractivity contribution in [3.8, 4) is 0 Å². The highest BCUT2D eigenvalue weighted by atomic mass is 19.1. The highest BCUT2D eigenvalue weighted by Gasteiger charge is 2.05. The number of rotatable bonds is 4. The SMILES string of the molecule is COC(=O)Cc1ccc(Cn2cccc(F)c2=O)nc1. The standard InChI is InChI=1S/C14H13FN2O3/c1-20-13(18)7-10-4-5-11(16-8-10)9-17-6-2-3-12(15)14(17)19/h2-6,8H,7,9H2,1H3. The summed E-state index contributed by atoms with van der Waals surface area (Å²) in [5, 5.41) is 0. The van der Waals surface area contributed by atoms with Gasteiger partial charge in [0.2, 0.25) is 0 Å². The zero-order valence-electron chi connectivity index (χ0n) is 10.9. The molecule has 104 valence electrons. The number of methoxy groups -OCH3 is 1. The molecule has 0 aliphatic rings. The summed E-state index contributed by atoms with van der Waals surface area (Å²) >= 11 is 0. The molecule has 0 aromatic carbocycles. The molecule has 2 rings (SSSR count). The van der Waals surface area contributed by atoms with Crippen LogP contribution in [0.5, 0.6) is 0 Å². The molecule has 0 spiro atoms. The molecule has 6 heteroatoms. The lowest BCUT2D eigenvalue weighted by atomic mass is 10.2. The molecule has 0 saturated heterocycles. The maximum absolute atomic E-state index is 13.1.